The van der Waals surface area contributed by atoms with Crippen LogP contribution in [0.1, 0.15) is 68.3 Å². The maximum atomic E-state index is 6.09. The van der Waals surface area contributed by atoms with Gasteiger partial charge in [0.1, 0.15) is 11.5 Å². The Morgan fingerprint density at radius 3 is 2.85 bits per heavy atom. The van der Waals surface area contributed by atoms with Crippen LogP contribution in [0.3, 0.4) is 0 Å². The molecule has 0 bridgehead atoms. The summed E-state index contributed by atoms with van der Waals surface area (Å²) in [6.07, 6.45) is 9.29. The van der Waals surface area contributed by atoms with Gasteiger partial charge in [0, 0.05) is 19.5 Å². The number of aryl methyl sites for hydroxylation is 1. The van der Waals surface area contributed by atoms with E-state index in [1.165, 1.54) is 11.1 Å². The Balaban J connectivity index is 1.44. The lowest BCUT2D eigenvalue weighted by molar-refractivity contribution is 0.743. The van der Waals surface area contributed by atoms with Gasteiger partial charge in [-0.15, -0.1) is 0 Å². The quantitative estimate of drug-likeness (QED) is 0.305. The van der Waals surface area contributed by atoms with Crippen molar-refractivity contribution in [2.45, 2.75) is 52.9 Å². The van der Waals surface area contributed by atoms with Gasteiger partial charge in [0.15, 0.2) is 5.82 Å². The van der Waals surface area contributed by atoms with Crippen molar-refractivity contribution >= 4 is 40.7 Å². The van der Waals surface area contributed by atoms with Crippen LogP contribution in [0.4, 0.5) is 5.82 Å². The molecule has 2 aromatic rings. The van der Waals surface area contributed by atoms with E-state index in [0.717, 1.165) is 79.5 Å². The van der Waals surface area contributed by atoms with Gasteiger partial charge in [0.05, 0.1) is 18.0 Å². The molecule has 0 amide bonds. The molecule has 0 radical (unpaired) electrons. The molecule has 33 heavy (non-hydrogen) atoms. The van der Waals surface area contributed by atoms with Crippen LogP contribution in [0.25, 0.3) is 11.8 Å². The van der Waals surface area contributed by atoms with Crippen molar-refractivity contribution in [1.29, 1.82) is 0 Å². The van der Waals surface area contributed by atoms with Crippen LogP contribution in [0.15, 0.2) is 40.8 Å². The summed E-state index contributed by atoms with van der Waals surface area (Å²) in [6.45, 7) is 12.8. The summed E-state index contributed by atoms with van der Waals surface area (Å²) >= 11 is 6.09. The standard InChI is InChI=1S/C26H35ClN6/c1-5-7-14-28-19(4)24-25(33-26(27)32-24)29-15-9-8-11-23-30-17-22(31-23)21-13-12-20(10-6-2)18(3)16-21/h6,10,12-13,16,28-29H,4-5,7-9,11,14-15,17H2,1-3H3,(H,32,33)/b10-6-. The largest absolute Gasteiger partial charge is 0.384 e. The van der Waals surface area contributed by atoms with E-state index in [-0.39, 0.29) is 0 Å². The molecule has 3 rings (SSSR count). The van der Waals surface area contributed by atoms with Crippen molar-refractivity contribution in [1.82, 2.24) is 15.3 Å². The Labute approximate surface area is 202 Å². The lowest BCUT2D eigenvalue weighted by Gasteiger charge is -2.10. The van der Waals surface area contributed by atoms with Gasteiger partial charge in [-0.3, -0.25) is 4.99 Å². The smallest absolute Gasteiger partial charge is 0.202 e. The Hall–Kier alpha value is -2.86. The third-order valence-electron chi connectivity index (χ3n) is 5.59. The molecule has 1 aromatic heterocycles. The number of nitrogens with one attached hydrogen (secondary N) is 3. The number of benzene rings is 1. The van der Waals surface area contributed by atoms with Crippen LogP contribution >= 0.6 is 11.6 Å². The molecule has 1 aromatic carbocycles. The third kappa shape index (κ3) is 7.06. The number of unbranched alkanes of at least 4 members (excludes halogenated alkanes) is 2. The molecule has 0 aliphatic carbocycles. The molecule has 0 spiro atoms. The number of aromatic nitrogens is 2. The summed E-state index contributed by atoms with van der Waals surface area (Å²) in [5, 5.41) is 7.07. The molecule has 1 aliphatic heterocycles. The van der Waals surface area contributed by atoms with Gasteiger partial charge in [-0.2, -0.15) is 0 Å². The summed E-state index contributed by atoms with van der Waals surface area (Å²) in [6, 6.07) is 6.50. The van der Waals surface area contributed by atoms with Crippen molar-refractivity contribution in [2.75, 3.05) is 25.0 Å². The number of aliphatic imine (C=N–C) groups is 2. The number of hydrogen-bond acceptors (Lipinski definition) is 5. The first-order chi connectivity index (χ1) is 16.0. The molecule has 6 nitrogen and oxygen atoms in total. The van der Waals surface area contributed by atoms with E-state index in [9.17, 15) is 0 Å². The second kappa shape index (κ2) is 12.4. The van der Waals surface area contributed by atoms with Crippen molar-refractivity contribution < 1.29 is 0 Å². The van der Waals surface area contributed by atoms with Gasteiger partial charge in [0.25, 0.3) is 0 Å². The summed E-state index contributed by atoms with van der Waals surface area (Å²) in [5.74, 6) is 1.68. The van der Waals surface area contributed by atoms with Gasteiger partial charge in [-0.25, -0.2) is 9.98 Å². The van der Waals surface area contributed by atoms with E-state index in [0.29, 0.717) is 11.8 Å². The van der Waals surface area contributed by atoms with Crippen molar-refractivity contribution in [2.24, 2.45) is 9.98 Å². The number of amidine groups is 1. The minimum Gasteiger partial charge on any atom is -0.384 e. The Morgan fingerprint density at radius 1 is 1.24 bits per heavy atom. The fraction of sp³-hybridized carbons (Fsp3) is 0.423. The maximum Gasteiger partial charge on any atom is 0.202 e. The van der Waals surface area contributed by atoms with E-state index in [2.05, 4.69) is 76.4 Å². The zero-order chi connectivity index (χ0) is 23.6. The molecular weight excluding hydrogens is 432 g/mol. The normalized spacial score (nSPS) is 13.3. The maximum absolute atomic E-state index is 6.09. The van der Waals surface area contributed by atoms with Crippen molar-refractivity contribution in [3.05, 3.63) is 58.5 Å². The average molecular weight is 467 g/mol. The molecule has 0 fully saturated rings. The monoisotopic (exact) mass is 466 g/mol. The van der Waals surface area contributed by atoms with Gasteiger partial charge in [-0.1, -0.05) is 44.2 Å². The molecule has 0 saturated carbocycles. The topological polar surface area (TPSA) is 77.5 Å². The highest BCUT2D eigenvalue weighted by molar-refractivity contribution is 6.28. The molecule has 176 valence electrons. The second-order valence-electron chi connectivity index (χ2n) is 8.26. The Bertz CT molecular complexity index is 1050. The number of nitrogens with zero attached hydrogens (tertiary/aromatic N) is 3. The first-order valence-corrected chi connectivity index (χ1v) is 12.2. The van der Waals surface area contributed by atoms with E-state index >= 15 is 0 Å². The lowest BCUT2D eigenvalue weighted by atomic mass is 10.0. The predicted octanol–water partition coefficient (Wildman–Crippen LogP) is 6.25. The molecule has 3 N–H and O–H groups in total. The van der Waals surface area contributed by atoms with Crippen LogP contribution in [0.2, 0.25) is 5.28 Å². The van der Waals surface area contributed by atoms with E-state index in [1.54, 1.807) is 0 Å². The Kier molecular flexibility index (Phi) is 9.31. The average Bonchev–Trinajstić information content (AvgIpc) is 3.42. The molecule has 0 unspecified atom stereocenters. The second-order valence-corrected chi connectivity index (χ2v) is 8.61. The van der Waals surface area contributed by atoms with Crippen LogP contribution in [0, 0.1) is 6.92 Å². The predicted molar refractivity (Wildman–Crippen MR) is 143 cm³/mol. The lowest BCUT2D eigenvalue weighted by Crippen LogP contribution is -2.14. The van der Waals surface area contributed by atoms with Crippen LogP contribution in [-0.4, -0.2) is 41.1 Å². The van der Waals surface area contributed by atoms with E-state index in [4.69, 9.17) is 16.6 Å². The number of allylic oxidation sites excluding steroid dienone is 1. The van der Waals surface area contributed by atoms with Gasteiger partial charge in [-0.05, 0) is 67.5 Å². The summed E-state index contributed by atoms with van der Waals surface area (Å²) < 4.78 is 0. The van der Waals surface area contributed by atoms with Gasteiger partial charge in [0.2, 0.25) is 5.28 Å². The van der Waals surface area contributed by atoms with Crippen LogP contribution < -0.4 is 10.6 Å². The number of anilines is 1. The zero-order valence-corrected chi connectivity index (χ0v) is 20.7. The zero-order valence-electron chi connectivity index (χ0n) is 20.0. The van der Waals surface area contributed by atoms with Gasteiger partial charge < -0.3 is 15.6 Å². The number of hydrogen-bond donors (Lipinski definition) is 3. The summed E-state index contributed by atoms with van der Waals surface area (Å²) in [7, 11) is 0. The van der Waals surface area contributed by atoms with Gasteiger partial charge >= 0.3 is 0 Å². The van der Waals surface area contributed by atoms with Crippen molar-refractivity contribution in [3.8, 4) is 0 Å². The summed E-state index contributed by atoms with van der Waals surface area (Å²) in [4.78, 5) is 16.9. The SMILES string of the molecule is C=C(NCCCC)c1[nH]c(Cl)nc1NCCCCC1=NCC(c2ccc(/C=C\C)c(C)c2)=N1. The van der Waals surface area contributed by atoms with E-state index in [1.807, 2.05) is 6.92 Å². The first kappa shape index (κ1) is 24.8. The molecular formula is C26H35ClN6. The highest BCUT2D eigenvalue weighted by Gasteiger charge is 2.14. The highest BCUT2D eigenvalue weighted by Crippen LogP contribution is 2.21. The van der Waals surface area contributed by atoms with Crippen LogP contribution in [0.5, 0.6) is 0 Å². The minimum absolute atomic E-state index is 0.363. The molecule has 7 heteroatoms. The van der Waals surface area contributed by atoms with E-state index < -0.39 is 0 Å². The van der Waals surface area contributed by atoms with Crippen molar-refractivity contribution in [3.63, 3.8) is 0 Å². The molecule has 1 aliphatic rings. The molecule has 0 atom stereocenters. The number of imidazole rings is 1. The third-order valence-corrected chi connectivity index (χ3v) is 5.77. The molecule has 0 saturated heterocycles. The molecule has 2 heterocycles. The minimum atomic E-state index is 0.363. The Morgan fingerprint density at radius 2 is 2.09 bits per heavy atom. The number of aromatic amines is 1. The number of H-pyrrole nitrogens is 1. The first-order valence-electron chi connectivity index (χ1n) is 11.8. The highest BCUT2D eigenvalue weighted by atomic mass is 35.5. The number of rotatable bonds is 13. The van der Waals surface area contributed by atoms with Crippen LogP contribution in [-0.2, 0) is 0 Å². The number of halogens is 1. The fourth-order valence-electron chi connectivity index (χ4n) is 3.72. The summed E-state index contributed by atoms with van der Waals surface area (Å²) in [5.41, 5.74) is 6.35. The fourth-order valence-corrected chi connectivity index (χ4v) is 3.89.